The Balaban J connectivity index is 1.35. The maximum absolute atomic E-state index is 13.3. The van der Waals surface area contributed by atoms with Crippen molar-refractivity contribution >= 4 is 22.4 Å². The highest BCUT2D eigenvalue weighted by atomic mass is 19.1. The van der Waals surface area contributed by atoms with Gasteiger partial charge in [0.05, 0.1) is 13.0 Å². The minimum atomic E-state index is -0.247. The van der Waals surface area contributed by atoms with Crippen molar-refractivity contribution in [1.29, 1.82) is 0 Å². The summed E-state index contributed by atoms with van der Waals surface area (Å²) >= 11 is 0. The standard InChI is InChI=1S/C22H21FN2O2/c23-17-6-7-19-20(15-24-21(19)14-17)16-8-11-25(12-9-16)22(26)10-13-27-18-4-2-1-3-5-18/h1-8,14-15,24H,9-13H2. The molecule has 4 rings (SSSR count). The number of hydrogen-bond donors (Lipinski definition) is 1. The van der Waals surface area contributed by atoms with Crippen LogP contribution in [-0.2, 0) is 4.79 Å². The van der Waals surface area contributed by atoms with Crippen LogP contribution in [0.2, 0.25) is 0 Å². The Morgan fingerprint density at radius 2 is 2.04 bits per heavy atom. The maximum Gasteiger partial charge on any atom is 0.226 e. The van der Waals surface area contributed by atoms with Crippen LogP contribution in [0.3, 0.4) is 0 Å². The van der Waals surface area contributed by atoms with Gasteiger partial charge in [-0.1, -0.05) is 24.3 Å². The Bertz CT molecular complexity index is 978. The summed E-state index contributed by atoms with van der Waals surface area (Å²) in [5.41, 5.74) is 3.07. The second kappa shape index (κ2) is 7.66. The van der Waals surface area contributed by atoms with Gasteiger partial charge >= 0.3 is 0 Å². The lowest BCUT2D eigenvalue weighted by molar-refractivity contribution is -0.131. The van der Waals surface area contributed by atoms with E-state index in [0.29, 0.717) is 26.1 Å². The number of fused-ring (bicyclic) bond motifs is 1. The lowest BCUT2D eigenvalue weighted by Crippen LogP contribution is -2.35. The van der Waals surface area contributed by atoms with Gasteiger partial charge < -0.3 is 14.6 Å². The van der Waals surface area contributed by atoms with E-state index in [1.54, 1.807) is 6.07 Å². The number of hydrogen-bond acceptors (Lipinski definition) is 2. The monoisotopic (exact) mass is 364 g/mol. The number of para-hydroxylation sites is 1. The molecule has 2 aromatic carbocycles. The molecule has 0 bridgehead atoms. The Labute approximate surface area is 157 Å². The van der Waals surface area contributed by atoms with Crippen LogP contribution in [0, 0.1) is 5.82 Å². The number of aromatic nitrogens is 1. The summed E-state index contributed by atoms with van der Waals surface area (Å²) < 4.78 is 19.0. The van der Waals surface area contributed by atoms with Gasteiger partial charge in [0.25, 0.3) is 0 Å². The van der Waals surface area contributed by atoms with E-state index < -0.39 is 0 Å². The number of aromatic amines is 1. The van der Waals surface area contributed by atoms with E-state index in [9.17, 15) is 9.18 Å². The molecule has 138 valence electrons. The Hall–Kier alpha value is -3.08. The number of carbonyl (C=O) groups is 1. The van der Waals surface area contributed by atoms with E-state index in [0.717, 1.165) is 28.6 Å². The number of rotatable bonds is 5. The van der Waals surface area contributed by atoms with Crippen molar-refractivity contribution in [1.82, 2.24) is 9.88 Å². The molecule has 0 radical (unpaired) electrons. The number of amides is 1. The van der Waals surface area contributed by atoms with Crippen LogP contribution in [0.5, 0.6) is 5.75 Å². The second-order valence-corrected chi connectivity index (χ2v) is 6.62. The average molecular weight is 364 g/mol. The fourth-order valence-corrected chi connectivity index (χ4v) is 3.44. The first kappa shape index (κ1) is 17.3. The predicted molar refractivity (Wildman–Crippen MR) is 104 cm³/mol. The molecule has 0 saturated carbocycles. The van der Waals surface area contributed by atoms with E-state index in [-0.39, 0.29) is 11.7 Å². The third-order valence-corrected chi connectivity index (χ3v) is 4.88. The van der Waals surface area contributed by atoms with Crippen molar-refractivity contribution in [3.8, 4) is 5.75 Å². The number of nitrogens with one attached hydrogen (secondary N) is 1. The molecule has 1 amide bonds. The number of nitrogens with zero attached hydrogens (tertiary/aromatic N) is 1. The summed E-state index contributed by atoms with van der Waals surface area (Å²) in [6, 6.07) is 14.3. The van der Waals surface area contributed by atoms with E-state index in [2.05, 4.69) is 11.1 Å². The SMILES string of the molecule is O=C(CCOc1ccccc1)N1CC=C(c2c[nH]c3cc(F)ccc23)CC1. The number of H-pyrrole nitrogens is 1. The first-order valence-corrected chi connectivity index (χ1v) is 9.12. The molecule has 0 spiro atoms. The van der Waals surface area contributed by atoms with Gasteiger partial charge in [-0.25, -0.2) is 4.39 Å². The summed E-state index contributed by atoms with van der Waals surface area (Å²) in [6.45, 7) is 1.65. The molecule has 1 aliphatic heterocycles. The largest absolute Gasteiger partial charge is 0.493 e. The van der Waals surface area contributed by atoms with Crippen LogP contribution in [0.15, 0.2) is 60.8 Å². The van der Waals surface area contributed by atoms with E-state index >= 15 is 0 Å². The lowest BCUT2D eigenvalue weighted by atomic mass is 9.99. The molecule has 5 heteroatoms. The number of ether oxygens (including phenoxy) is 1. The molecular formula is C22H21FN2O2. The Morgan fingerprint density at radius 3 is 2.81 bits per heavy atom. The highest BCUT2D eigenvalue weighted by Crippen LogP contribution is 2.29. The number of benzene rings is 2. The zero-order valence-electron chi connectivity index (χ0n) is 15.0. The van der Waals surface area contributed by atoms with Gasteiger partial charge in [-0.2, -0.15) is 0 Å². The quantitative estimate of drug-likeness (QED) is 0.730. The molecule has 1 aromatic heterocycles. The third-order valence-electron chi connectivity index (χ3n) is 4.88. The normalized spacial score (nSPS) is 14.3. The van der Waals surface area contributed by atoms with Gasteiger partial charge in [0, 0.05) is 35.8 Å². The highest BCUT2D eigenvalue weighted by molar-refractivity contribution is 5.93. The van der Waals surface area contributed by atoms with E-state index in [4.69, 9.17) is 4.74 Å². The zero-order chi connectivity index (χ0) is 18.6. The van der Waals surface area contributed by atoms with Crippen molar-refractivity contribution in [2.75, 3.05) is 19.7 Å². The Morgan fingerprint density at radius 1 is 1.19 bits per heavy atom. The van der Waals surface area contributed by atoms with Gasteiger partial charge in [-0.3, -0.25) is 4.79 Å². The molecule has 2 heterocycles. The fraction of sp³-hybridized carbons (Fsp3) is 0.227. The first-order chi connectivity index (χ1) is 13.2. The smallest absolute Gasteiger partial charge is 0.226 e. The molecular weight excluding hydrogens is 343 g/mol. The summed E-state index contributed by atoms with van der Waals surface area (Å²) in [4.78, 5) is 17.4. The molecule has 0 saturated heterocycles. The zero-order valence-corrected chi connectivity index (χ0v) is 15.0. The van der Waals surface area contributed by atoms with Crippen LogP contribution in [0.25, 0.3) is 16.5 Å². The summed E-state index contributed by atoms with van der Waals surface area (Å²) in [7, 11) is 0. The van der Waals surface area contributed by atoms with Crippen molar-refractivity contribution in [2.45, 2.75) is 12.8 Å². The molecule has 0 aliphatic carbocycles. The molecule has 0 fully saturated rings. The maximum atomic E-state index is 13.3. The van der Waals surface area contributed by atoms with Gasteiger partial charge in [0.1, 0.15) is 11.6 Å². The first-order valence-electron chi connectivity index (χ1n) is 9.12. The average Bonchev–Trinajstić information content (AvgIpc) is 3.12. The third kappa shape index (κ3) is 3.87. The molecule has 3 aromatic rings. The fourth-order valence-electron chi connectivity index (χ4n) is 3.44. The molecule has 27 heavy (non-hydrogen) atoms. The Kier molecular flexibility index (Phi) is 4.92. The number of halogens is 1. The topological polar surface area (TPSA) is 45.3 Å². The molecule has 0 atom stereocenters. The molecule has 4 nitrogen and oxygen atoms in total. The minimum absolute atomic E-state index is 0.0993. The van der Waals surface area contributed by atoms with E-state index in [1.807, 2.05) is 41.4 Å². The number of carbonyl (C=O) groups excluding carboxylic acids is 1. The van der Waals surface area contributed by atoms with Crippen molar-refractivity contribution in [3.05, 3.63) is 72.2 Å². The summed E-state index contributed by atoms with van der Waals surface area (Å²) in [5.74, 6) is 0.632. The highest BCUT2D eigenvalue weighted by Gasteiger charge is 2.19. The van der Waals surface area contributed by atoms with Gasteiger partial charge in [-0.05, 0) is 42.3 Å². The van der Waals surface area contributed by atoms with Crippen LogP contribution >= 0.6 is 0 Å². The summed E-state index contributed by atoms with van der Waals surface area (Å²) in [6.07, 6.45) is 5.16. The van der Waals surface area contributed by atoms with Crippen LogP contribution in [0.4, 0.5) is 4.39 Å². The van der Waals surface area contributed by atoms with Crippen LogP contribution < -0.4 is 4.74 Å². The van der Waals surface area contributed by atoms with Gasteiger partial charge in [0.15, 0.2) is 0 Å². The van der Waals surface area contributed by atoms with Crippen LogP contribution in [-0.4, -0.2) is 35.5 Å². The van der Waals surface area contributed by atoms with Gasteiger partial charge in [0.2, 0.25) is 5.91 Å². The van der Waals surface area contributed by atoms with Crippen molar-refractivity contribution in [2.24, 2.45) is 0 Å². The van der Waals surface area contributed by atoms with Gasteiger partial charge in [-0.15, -0.1) is 0 Å². The predicted octanol–water partition coefficient (Wildman–Crippen LogP) is 4.39. The van der Waals surface area contributed by atoms with Crippen molar-refractivity contribution < 1.29 is 13.9 Å². The molecule has 1 aliphatic rings. The second-order valence-electron chi connectivity index (χ2n) is 6.62. The van der Waals surface area contributed by atoms with Crippen molar-refractivity contribution in [3.63, 3.8) is 0 Å². The molecule has 1 N–H and O–H groups in total. The lowest BCUT2D eigenvalue weighted by Gasteiger charge is -2.26. The summed E-state index contributed by atoms with van der Waals surface area (Å²) in [5, 5.41) is 1.01. The van der Waals surface area contributed by atoms with E-state index in [1.165, 1.54) is 17.7 Å². The minimum Gasteiger partial charge on any atom is -0.493 e. The van der Waals surface area contributed by atoms with Crippen LogP contribution in [0.1, 0.15) is 18.4 Å². The molecule has 0 unspecified atom stereocenters.